The van der Waals surface area contributed by atoms with Crippen LogP contribution in [0.2, 0.25) is 0 Å². The zero-order valence-electron chi connectivity index (χ0n) is 13.9. The van der Waals surface area contributed by atoms with Crippen molar-refractivity contribution in [2.45, 2.75) is 20.5 Å². The molecule has 8 heteroatoms. The normalized spacial score (nSPS) is 10.3. The van der Waals surface area contributed by atoms with E-state index in [0.29, 0.717) is 0 Å². The molecule has 1 heterocycles. The minimum atomic E-state index is -1.20. The fraction of sp³-hybridized carbons (Fsp3) is 0.312. The van der Waals surface area contributed by atoms with Gasteiger partial charge >= 0.3 is 12.0 Å². The van der Waals surface area contributed by atoms with Crippen LogP contribution >= 0.6 is 11.5 Å². The number of carboxylic acid groups (broad SMARTS) is 1. The van der Waals surface area contributed by atoms with Crippen LogP contribution in [0.1, 0.15) is 27.0 Å². The number of ether oxygens (including phenoxy) is 1. The van der Waals surface area contributed by atoms with Crippen molar-refractivity contribution in [1.29, 1.82) is 0 Å². The summed E-state index contributed by atoms with van der Waals surface area (Å²) in [5.74, 6) is -1.20. The van der Waals surface area contributed by atoms with Crippen molar-refractivity contribution in [3.63, 3.8) is 0 Å². The van der Waals surface area contributed by atoms with E-state index in [-0.39, 0.29) is 23.1 Å². The van der Waals surface area contributed by atoms with Gasteiger partial charge in [-0.25, -0.2) is 9.59 Å². The molecule has 0 spiro atoms. The molecule has 1 aromatic heterocycles. The van der Waals surface area contributed by atoms with Gasteiger partial charge in [0.2, 0.25) is 5.88 Å². The number of benzene rings is 1. The van der Waals surface area contributed by atoms with Gasteiger partial charge in [0.1, 0.15) is 11.6 Å². The number of aryl methyl sites for hydroxylation is 2. The molecule has 128 valence electrons. The first-order valence-corrected chi connectivity index (χ1v) is 7.97. The van der Waals surface area contributed by atoms with Gasteiger partial charge in [-0.2, -0.15) is 4.37 Å². The molecule has 7 nitrogen and oxygen atoms in total. The average molecular weight is 349 g/mol. The summed E-state index contributed by atoms with van der Waals surface area (Å²) in [6, 6.07) is 5.54. The number of nitrogens with one attached hydrogen (secondary N) is 1. The van der Waals surface area contributed by atoms with E-state index >= 15 is 0 Å². The third-order valence-electron chi connectivity index (χ3n) is 3.37. The summed E-state index contributed by atoms with van der Waals surface area (Å²) in [6.45, 7) is 4.14. The monoisotopic (exact) mass is 349 g/mol. The lowest BCUT2D eigenvalue weighted by molar-refractivity contribution is 0.0693. The minimum Gasteiger partial charge on any atom is -0.477 e. The Hall–Kier alpha value is -2.61. The zero-order chi connectivity index (χ0) is 17.9. The highest BCUT2D eigenvalue weighted by Crippen LogP contribution is 2.31. The van der Waals surface area contributed by atoms with Crippen molar-refractivity contribution in [1.82, 2.24) is 9.27 Å². The first kappa shape index (κ1) is 17.7. The molecule has 2 N–H and O–H groups in total. The number of urea groups is 1. The van der Waals surface area contributed by atoms with Gasteiger partial charge in [-0.3, -0.25) is 5.32 Å². The molecule has 0 saturated heterocycles. The van der Waals surface area contributed by atoms with Crippen LogP contribution in [0.4, 0.5) is 9.80 Å². The second-order valence-electron chi connectivity index (χ2n) is 5.54. The van der Waals surface area contributed by atoms with Gasteiger partial charge in [0.05, 0.1) is 0 Å². The molecule has 0 atom stereocenters. The van der Waals surface area contributed by atoms with Gasteiger partial charge < -0.3 is 14.7 Å². The number of carbonyl (C=O) groups excluding carboxylic acids is 1. The van der Waals surface area contributed by atoms with Crippen LogP contribution in [0.5, 0.6) is 5.88 Å². The van der Waals surface area contributed by atoms with Gasteiger partial charge in [-0.05, 0) is 36.5 Å². The SMILES string of the molecule is Cc1ccc(C)c(COc2nsc(NC(=O)N(C)C)c2C(=O)O)c1. The van der Waals surface area contributed by atoms with E-state index in [1.807, 2.05) is 32.0 Å². The van der Waals surface area contributed by atoms with Gasteiger partial charge in [0.25, 0.3) is 0 Å². The lowest BCUT2D eigenvalue weighted by Gasteiger charge is -2.11. The molecule has 0 saturated carbocycles. The Balaban J connectivity index is 2.21. The quantitative estimate of drug-likeness (QED) is 0.865. The van der Waals surface area contributed by atoms with Gasteiger partial charge in [-0.15, -0.1) is 0 Å². The number of aromatic carboxylic acids is 1. The fourth-order valence-electron chi connectivity index (χ4n) is 1.96. The molecular formula is C16H19N3O4S. The van der Waals surface area contributed by atoms with Crippen molar-refractivity contribution in [3.8, 4) is 5.88 Å². The Morgan fingerprint density at radius 3 is 2.67 bits per heavy atom. The molecular weight excluding hydrogens is 330 g/mol. The van der Waals surface area contributed by atoms with Gasteiger partial charge in [-0.1, -0.05) is 23.8 Å². The maximum Gasteiger partial charge on any atom is 0.344 e. The second kappa shape index (κ2) is 7.31. The summed E-state index contributed by atoms with van der Waals surface area (Å²) < 4.78 is 9.62. The van der Waals surface area contributed by atoms with Crippen molar-refractivity contribution < 1.29 is 19.4 Å². The van der Waals surface area contributed by atoms with E-state index in [4.69, 9.17) is 4.74 Å². The Labute approximate surface area is 144 Å². The molecule has 2 amide bonds. The molecule has 0 unspecified atom stereocenters. The third kappa shape index (κ3) is 4.02. The second-order valence-corrected chi connectivity index (χ2v) is 6.31. The number of amides is 2. The van der Waals surface area contributed by atoms with Gasteiger partial charge in [0.15, 0.2) is 5.56 Å². The number of carbonyl (C=O) groups is 2. The molecule has 0 aliphatic rings. The highest BCUT2D eigenvalue weighted by atomic mass is 32.1. The van der Waals surface area contributed by atoms with Gasteiger partial charge in [0, 0.05) is 14.1 Å². The maximum atomic E-state index is 11.7. The lowest BCUT2D eigenvalue weighted by atomic mass is 10.1. The van der Waals surface area contributed by atoms with Crippen molar-refractivity contribution in [2.24, 2.45) is 0 Å². The zero-order valence-corrected chi connectivity index (χ0v) is 14.7. The number of rotatable bonds is 5. The van der Waals surface area contributed by atoms with Crippen LogP contribution in [-0.2, 0) is 6.61 Å². The number of nitrogens with zero attached hydrogens (tertiary/aromatic N) is 2. The van der Waals surface area contributed by atoms with E-state index in [9.17, 15) is 14.7 Å². The summed E-state index contributed by atoms with van der Waals surface area (Å²) in [4.78, 5) is 24.5. The maximum absolute atomic E-state index is 11.7. The summed E-state index contributed by atoms with van der Waals surface area (Å²) in [7, 11) is 3.13. The number of hydrogen-bond donors (Lipinski definition) is 2. The molecule has 0 fully saturated rings. The van der Waals surface area contributed by atoms with Crippen LogP contribution in [0.3, 0.4) is 0 Å². The van der Waals surface area contributed by atoms with Crippen molar-refractivity contribution in [2.75, 3.05) is 19.4 Å². The van der Waals surface area contributed by atoms with Crippen LogP contribution in [0.15, 0.2) is 18.2 Å². The third-order valence-corrected chi connectivity index (χ3v) is 4.12. The Morgan fingerprint density at radius 2 is 2.04 bits per heavy atom. The number of hydrogen-bond acceptors (Lipinski definition) is 5. The van der Waals surface area contributed by atoms with Crippen LogP contribution < -0.4 is 10.1 Å². The van der Waals surface area contributed by atoms with Crippen LogP contribution in [0, 0.1) is 13.8 Å². The van der Waals surface area contributed by atoms with E-state index < -0.39 is 12.0 Å². The van der Waals surface area contributed by atoms with E-state index in [2.05, 4.69) is 9.69 Å². The number of carboxylic acids is 1. The summed E-state index contributed by atoms with van der Waals surface area (Å²) in [5, 5.41) is 12.1. The Morgan fingerprint density at radius 1 is 1.33 bits per heavy atom. The summed E-state index contributed by atoms with van der Waals surface area (Å²) >= 11 is 0.878. The highest BCUT2D eigenvalue weighted by Gasteiger charge is 2.24. The predicted octanol–water partition coefficient (Wildman–Crippen LogP) is 3.13. The summed E-state index contributed by atoms with van der Waals surface area (Å²) in [6.07, 6.45) is 0. The van der Waals surface area contributed by atoms with E-state index in [0.717, 1.165) is 28.2 Å². The standard InChI is InChI=1S/C16H19N3O4S/c1-9-5-6-10(2)11(7-9)8-23-13-12(15(20)21)14(24-18-13)17-16(22)19(3)4/h5-7H,8H2,1-4H3,(H,17,22)(H,20,21). The highest BCUT2D eigenvalue weighted by molar-refractivity contribution is 7.11. The minimum absolute atomic E-state index is 0.00228. The molecule has 0 radical (unpaired) electrons. The van der Waals surface area contributed by atoms with E-state index in [1.54, 1.807) is 14.1 Å². The van der Waals surface area contributed by atoms with Crippen molar-refractivity contribution >= 4 is 28.5 Å². The molecule has 0 bridgehead atoms. The summed E-state index contributed by atoms with van der Waals surface area (Å²) in [5.41, 5.74) is 2.96. The largest absolute Gasteiger partial charge is 0.477 e. The number of aromatic nitrogens is 1. The Bertz CT molecular complexity index is 771. The Kier molecular flexibility index (Phi) is 5.40. The lowest BCUT2D eigenvalue weighted by Crippen LogP contribution is -2.27. The molecule has 2 rings (SSSR count). The smallest absolute Gasteiger partial charge is 0.344 e. The van der Waals surface area contributed by atoms with Crippen LogP contribution in [-0.4, -0.2) is 40.5 Å². The van der Waals surface area contributed by atoms with Crippen molar-refractivity contribution in [3.05, 3.63) is 40.5 Å². The molecule has 2 aromatic rings. The first-order valence-electron chi connectivity index (χ1n) is 7.19. The molecule has 0 aliphatic carbocycles. The number of anilines is 1. The molecule has 0 aliphatic heterocycles. The average Bonchev–Trinajstić information content (AvgIpc) is 2.90. The topological polar surface area (TPSA) is 91.8 Å². The molecule has 1 aromatic carbocycles. The van der Waals surface area contributed by atoms with E-state index in [1.165, 1.54) is 4.90 Å². The first-order chi connectivity index (χ1) is 11.3. The van der Waals surface area contributed by atoms with Crippen LogP contribution in [0.25, 0.3) is 0 Å². The molecule has 24 heavy (non-hydrogen) atoms. The predicted molar refractivity (Wildman–Crippen MR) is 92.0 cm³/mol. The fourth-order valence-corrected chi connectivity index (χ4v) is 2.68.